The lowest BCUT2D eigenvalue weighted by Gasteiger charge is -2.26. The molecule has 0 unspecified atom stereocenters. The van der Waals surface area contributed by atoms with Crippen molar-refractivity contribution in [2.45, 2.75) is 32.7 Å². The maximum Gasteiger partial charge on any atom is 0.191 e. The van der Waals surface area contributed by atoms with E-state index in [0.29, 0.717) is 19.0 Å². The Morgan fingerprint density at radius 2 is 2.12 bits per heavy atom. The minimum Gasteiger partial charge on any atom is -0.357 e. The fraction of sp³-hybridized carbons (Fsp3) is 0.471. The molecule has 0 spiro atoms. The van der Waals surface area contributed by atoms with E-state index in [9.17, 15) is 4.39 Å². The molecule has 2 aromatic rings. The summed E-state index contributed by atoms with van der Waals surface area (Å²) in [5.74, 6) is 1.27. The number of rotatable bonds is 6. The Morgan fingerprint density at radius 1 is 1.33 bits per heavy atom. The summed E-state index contributed by atoms with van der Waals surface area (Å²) in [6.45, 7) is 7.97. The topological polar surface area (TPSA) is 67.1 Å². The van der Waals surface area contributed by atoms with Crippen molar-refractivity contribution in [3.63, 3.8) is 0 Å². The van der Waals surface area contributed by atoms with Crippen molar-refractivity contribution in [1.29, 1.82) is 0 Å². The van der Waals surface area contributed by atoms with E-state index in [1.54, 1.807) is 18.5 Å². The zero-order valence-corrected chi connectivity index (χ0v) is 14.7. The van der Waals surface area contributed by atoms with E-state index in [4.69, 9.17) is 0 Å². The molecule has 2 N–H and O–H groups in total. The summed E-state index contributed by atoms with van der Waals surface area (Å²) in [6, 6.07) is 6.71. The van der Waals surface area contributed by atoms with Crippen LogP contribution >= 0.6 is 0 Å². The maximum absolute atomic E-state index is 13.5. The van der Waals surface area contributed by atoms with Gasteiger partial charge < -0.3 is 15.2 Å². The maximum atomic E-state index is 13.5. The van der Waals surface area contributed by atoms with E-state index in [1.165, 1.54) is 6.07 Å². The molecule has 24 heavy (non-hydrogen) atoms. The van der Waals surface area contributed by atoms with Crippen LogP contribution in [0.25, 0.3) is 0 Å². The minimum absolute atomic E-state index is 0.219. The van der Waals surface area contributed by atoms with Crippen molar-refractivity contribution in [2.24, 2.45) is 12.0 Å². The van der Waals surface area contributed by atoms with Gasteiger partial charge >= 0.3 is 0 Å². The molecule has 2 rings (SSSR count). The Morgan fingerprint density at radius 3 is 2.75 bits per heavy atom. The van der Waals surface area contributed by atoms with E-state index < -0.39 is 0 Å². The highest BCUT2D eigenvalue weighted by molar-refractivity contribution is 5.79. The molecule has 0 bridgehead atoms. The molecule has 1 aromatic carbocycles. The first kappa shape index (κ1) is 17.9. The van der Waals surface area contributed by atoms with Crippen LogP contribution < -0.4 is 10.6 Å². The van der Waals surface area contributed by atoms with E-state index in [1.807, 2.05) is 24.6 Å². The summed E-state index contributed by atoms with van der Waals surface area (Å²) in [4.78, 5) is 4.53. The second kappa shape index (κ2) is 7.90. The van der Waals surface area contributed by atoms with Gasteiger partial charge in [0.1, 0.15) is 18.7 Å². The van der Waals surface area contributed by atoms with Crippen LogP contribution in [0, 0.1) is 5.82 Å². The van der Waals surface area contributed by atoms with Crippen molar-refractivity contribution in [1.82, 2.24) is 25.4 Å². The third kappa shape index (κ3) is 4.78. The quantitative estimate of drug-likeness (QED) is 0.627. The Kier molecular flexibility index (Phi) is 5.89. The number of nitrogens with one attached hydrogen (secondary N) is 2. The highest BCUT2D eigenvalue weighted by atomic mass is 19.1. The first-order valence-corrected chi connectivity index (χ1v) is 8.03. The molecule has 0 fully saturated rings. The highest BCUT2D eigenvalue weighted by Crippen LogP contribution is 2.22. The summed E-state index contributed by atoms with van der Waals surface area (Å²) in [5, 5.41) is 14.4. The van der Waals surface area contributed by atoms with Gasteiger partial charge in [-0.05, 0) is 24.6 Å². The number of aryl methyl sites for hydroxylation is 1. The fourth-order valence-electron chi connectivity index (χ4n) is 2.26. The van der Waals surface area contributed by atoms with Crippen LogP contribution in [0.1, 0.15) is 32.2 Å². The van der Waals surface area contributed by atoms with E-state index in [2.05, 4.69) is 39.7 Å². The van der Waals surface area contributed by atoms with Crippen LogP contribution in [0.3, 0.4) is 0 Å². The van der Waals surface area contributed by atoms with Gasteiger partial charge in [0.25, 0.3) is 0 Å². The monoisotopic (exact) mass is 332 g/mol. The predicted octanol–water partition coefficient (Wildman–Crippen LogP) is 1.99. The number of nitrogens with zero attached hydrogens (tertiary/aromatic N) is 4. The second-order valence-electron chi connectivity index (χ2n) is 6.30. The van der Waals surface area contributed by atoms with Crippen LogP contribution in [0.15, 0.2) is 35.6 Å². The molecule has 0 radical (unpaired) electrons. The average molecular weight is 332 g/mol. The molecular formula is C17H25FN6. The molecule has 0 saturated heterocycles. The number of aliphatic imine (C=N–C) groups is 1. The van der Waals surface area contributed by atoms with E-state index in [-0.39, 0.29) is 11.2 Å². The summed E-state index contributed by atoms with van der Waals surface area (Å²) in [6.07, 6.45) is 1.65. The zero-order valence-electron chi connectivity index (χ0n) is 14.7. The molecular weight excluding hydrogens is 307 g/mol. The van der Waals surface area contributed by atoms with Crippen molar-refractivity contribution in [3.05, 3.63) is 47.8 Å². The Labute approximate surface area is 142 Å². The van der Waals surface area contributed by atoms with Gasteiger partial charge in [-0.2, -0.15) is 0 Å². The third-order valence-electron chi connectivity index (χ3n) is 3.83. The lowest BCUT2D eigenvalue weighted by atomic mass is 9.84. The molecule has 7 heteroatoms. The van der Waals surface area contributed by atoms with Crippen molar-refractivity contribution in [2.75, 3.05) is 13.1 Å². The van der Waals surface area contributed by atoms with Crippen LogP contribution in [-0.2, 0) is 19.0 Å². The Balaban J connectivity index is 2.03. The van der Waals surface area contributed by atoms with Gasteiger partial charge in [-0.25, -0.2) is 9.38 Å². The molecule has 1 aromatic heterocycles. The third-order valence-corrected chi connectivity index (χ3v) is 3.83. The van der Waals surface area contributed by atoms with Gasteiger partial charge in [-0.1, -0.05) is 26.0 Å². The number of benzene rings is 1. The van der Waals surface area contributed by atoms with Crippen molar-refractivity contribution >= 4 is 5.96 Å². The summed E-state index contributed by atoms with van der Waals surface area (Å²) >= 11 is 0. The van der Waals surface area contributed by atoms with Crippen LogP contribution in [-0.4, -0.2) is 33.8 Å². The average Bonchev–Trinajstić information content (AvgIpc) is 2.95. The molecule has 0 aliphatic rings. The smallest absolute Gasteiger partial charge is 0.191 e. The Bertz CT molecular complexity index is 692. The number of guanidine groups is 1. The highest BCUT2D eigenvalue weighted by Gasteiger charge is 2.21. The molecule has 6 nitrogen and oxygen atoms in total. The second-order valence-corrected chi connectivity index (χ2v) is 6.30. The first-order chi connectivity index (χ1) is 11.4. The van der Waals surface area contributed by atoms with Crippen molar-refractivity contribution in [3.8, 4) is 0 Å². The number of halogens is 1. The van der Waals surface area contributed by atoms with Crippen LogP contribution in [0.2, 0.25) is 0 Å². The summed E-state index contributed by atoms with van der Waals surface area (Å²) < 4.78 is 15.3. The van der Waals surface area contributed by atoms with Crippen LogP contribution in [0.4, 0.5) is 4.39 Å². The van der Waals surface area contributed by atoms with E-state index >= 15 is 0 Å². The molecule has 0 aliphatic heterocycles. The van der Waals surface area contributed by atoms with Gasteiger partial charge in [0.05, 0.1) is 0 Å². The van der Waals surface area contributed by atoms with Crippen LogP contribution in [0.5, 0.6) is 0 Å². The summed E-state index contributed by atoms with van der Waals surface area (Å²) in [7, 11) is 1.89. The number of hydrogen-bond donors (Lipinski definition) is 2. The molecule has 0 aliphatic carbocycles. The first-order valence-electron chi connectivity index (χ1n) is 8.03. The lowest BCUT2D eigenvalue weighted by molar-refractivity contribution is 0.503. The van der Waals surface area contributed by atoms with Crippen molar-refractivity contribution < 1.29 is 4.39 Å². The normalized spacial score (nSPS) is 12.3. The van der Waals surface area contributed by atoms with Gasteiger partial charge in [-0.15, -0.1) is 10.2 Å². The molecule has 130 valence electrons. The lowest BCUT2D eigenvalue weighted by Crippen LogP contribution is -2.43. The van der Waals surface area contributed by atoms with Gasteiger partial charge in [0.2, 0.25) is 0 Å². The fourth-order valence-corrected chi connectivity index (χ4v) is 2.26. The van der Waals surface area contributed by atoms with Gasteiger partial charge in [0.15, 0.2) is 11.8 Å². The molecule has 1 heterocycles. The van der Waals surface area contributed by atoms with Gasteiger partial charge in [-0.3, -0.25) is 0 Å². The SMILES string of the molecule is CCNC(=NCc1nncn1C)NCC(C)(C)c1cccc(F)c1. The minimum atomic E-state index is -0.233. The van der Waals surface area contributed by atoms with Gasteiger partial charge in [0, 0.05) is 25.6 Å². The molecule has 0 saturated carbocycles. The largest absolute Gasteiger partial charge is 0.357 e. The predicted molar refractivity (Wildman–Crippen MR) is 93.2 cm³/mol. The molecule has 0 amide bonds. The zero-order chi connectivity index (χ0) is 17.6. The number of hydrogen-bond acceptors (Lipinski definition) is 3. The standard InChI is InChI=1S/C17H25FN6/c1-5-19-16(20-10-15-23-22-12-24(15)4)21-11-17(2,3)13-7-6-8-14(18)9-13/h6-9,12H,5,10-11H2,1-4H3,(H2,19,20,21). The Hall–Kier alpha value is -2.44. The van der Waals surface area contributed by atoms with E-state index in [0.717, 1.165) is 17.9 Å². The molecule has 0 atom stereocenters. The summed E-state index contributed by atoms with van der Waals surface area (Å²) in [5.41, 5.74) is 0.711. The number of aromatic nitrogens is 3.